The monoisotopic (exact) mass is 253 g/mol. The standard InChI is InChI=1S/C11H11NO4S/c13-11(14)9-3-1-2-4-10(9)12-8-5-6-17(15,16)7-8/h1-6,8,12H,7H2,(H,13,14). The zero-order chi connectivity index (χ0) is 12.5. The van der Waals surface area contributed by atoms with Crippen molar-refractivity contribution in [3.05, 3.63) is 41.3 Å². The Morgan fingerprint density at radius 2 is 2.06 bits per heavy atom. The highest BCUT2D eigenvalue weighted by atomic mass is 32.2. The van der Waals surface area contributed by atoms with Crippen LogP contribution < -0.4 is 5.32 Å². The van der Waals surface area contributed by atoms with E-state index in [2.05, 4.69) is 5.32 Å². The van der Waals surface area contributed by atoms with Crippen molar-refractivity contribution in [1.82, 2.24) is 0 Å². The highest BCUT2D eigenvalue weighted by Crippen LogP contribution is 2.19. The summed E-state index contributed by atoms with van der Waals surface area (Å²) in [6.07, 6.45) is 1.52. The number of carboxylic acid groups (broad SMARTS) is 1. The van der Waals surface area contributed by atoms with Gasteiger partial charge in [0.25, 0.3) is 0 Å². The topological polar surface area (TPSA) is 83.5 Å². The number of para-hydroxylation sites is 1. The summed E-state index contributed by atoms with van der Waals surface area (Å²) in [4.78, 5) is 10.9. The van der Waals surface area contributed by atoms with Crippen molar-refractivity contribution >= 4 is 21.5 Å². The van der Waals surface area contributed by atoms with Crippen LogP contribution in [0.3, 0.4) is 0 Å². The van der Waals surface area contributed by atoms with Gasteiger partial charge in [-0.05, 0) is 12.1 Å². The van der Waals surface area contributed by atoms with Gasteiger partial charge in [-0.2, -0.15) is 0 Å². The summed E-state index contributed by atoms with van der Waals surface area (Å²) in [5.74, 6) is -1.08. The van der Waals surface area contributed by atoms with E-state index in [1.807, 2.05) is 0 Å². The Labute approximate surface area is 98.7 Å². The number of sulfone groups is 1. The molecular formula is C11H11NO4S. The molecule has 1 unspecified atom stereocenters. The summed E-state index contributed by atoms with van der Waals surface area (Å²) in [6, 6.07) is 6.03. The lowest BCUT2D eigenvalue weighted by atomic mass is 10.1. The number of nitrogens with one attached hydrogen (secondary N) is 1. The molecule has 17 heavy (non-hydrogen) atoms. The van der Waals surface area contributed by atoms with Crippen LogP contribution in [0.4, 0.5) is 5.69 Å². The normalized spacial score (nSPS) is 21.3. The molecule has 1 aliphatic heterocycles. The zero-order valence-corrected chi connectivity index (χ0v) is 9.65. The van der Waals surface area contributed by atoms with Crippen molar-refractivity contribution < 1.29 is 18.3 Å². The molecule has 0 aliphatic carbocycles. The summed E-state index contributed by atoms with van der Waals surface area (Å²) < 4.78 is 22.4. The van der Waals surface area contributed by atoms with Gasteiger partial charge in [0.15, 0.2) is 9.84 Å². The van der Waals surface area contributed by atoms with Crippen LogP contribution in [-0.2, 0) is 9.84 Å². The molecule has 0 amide bonds. The molecule has 5 nitrogen and oxygen atoms in total. The maximum Gasteiger partial charge on any atom is 0.337 e. The van der Waals surface area contributed by atoms with Crippen molar-refractivity contribution in [2.75, 3.05) is 11.1 Å². The molecule has 0 fully saturated rings. The maximum absolute atomic E-state index is 11.2. The molecule has 1 aromatic carbocycles. The Kier molecular flexibility index (Phi) is 2.89. The van der Waals surface area contributed by atoms with Gasteiger partial charge in [-0.25, -0.2) is 13.2 Å². The second-order valence-corrected chi connectivity index (χ2v) is 5.69. The van der Waals surface area contributed by atoms with Crippen LogP contribution in [0.25, 0.3) is 0 Å². The average molecular weight is 253 g/mol. The minimum absolute atomic E-state index is 0.0407. The first-order valence-electron chi connectivity index (χ1n) is 4.98. The lowest BCUT2D eigenvalue weighted by molar-refractivity contribution is 0.0698. The van der Waals surface area contributed by atoms with E-state index >= 15 is 0 Å². The summed E-state index contributed by atoms with van der Waals surface area (Å²) in [5.41, 5.74) is 0.553. The van der Waals surface area contributed by atoms with Crippen LogP contribution in [0, 0.1) is 0 Å². The van der Waals surface area contributed by atoms with E-state index in [4.69, 9.17) is 5.11 Å². The zero-order valence-electron chi connectivity index (χ0n) is 8.83. The number of hydrogen-bond donors (Lipinski definition) is 2. The number of carboxylic acids is 1. The van der Waals surface area contributed by atoms with Gasteiger partial charge in [0.1, 0.15) is 0 Å². The smallest absolute Gasteiger partial charge is 0.337 e. The van der Waals surface area contributed by atoms with E-state index < -0.39 is 15.8 Å². The third-order valence-electron chi connectivity index (χ3n) is 2.43. The quantitative estimate of drug-likeness (QED) is 0.843. The highest BCUT2D eigenvalue weighted by Gasteiger charge is 2.22. The molecule has 0 bridgehead atoms. The number of benzene rings is 1. The molecule has 1 aliphatic rings. The van der Waals surface area contributed by atoms with Crippen molar-refractivity contribution in [2.45, 2.75) is 6.04 Å². The SMILES string of the molecule is O=C(O)c1ccccc1NC1C=CS(=O)(=O)C1. The Bertz CT molecular complexity index is 577. The molecule has 0 spiro atoms. The Balaban J connectivity index is 2.21. The number of carbonyl (C=O) groups is 1. The number of anilines is 1. The Morgan fingerprint density at radius 3 is 2.65 bits per heavy atom. The van der Waals surface area contributed by atoms with Gasteiger partial charge in [-0.1, -0.05) is 18.2 Å². The highest BCUT2D eigenvalue weighted by molar-refractivity contribution is 7.94. The first kappa shape index (κ1) is 11.7. The van der Waals surface area contributed by atoms with E-state index in [9.17, 15) is 13.2 Å². The minimum Gasteiger partial charge on any atom is -0.478 e. The van der Waals surface area contributed by atoms with E-state index in [-0.39, 0.29) is 17.4 Å². The average Bonchev–Trinajstić information content (AvgIpc) is 2.58. The van der Waals surface area contributed by atoms with Gasteiger partial charge >= 0.3 is 5.97 Å². The summed E-state index contributed by atoms with van der Waals surface area (Å²) >= 11 is 0. The van der Waals surface area contributed by atoms with Crippen LogP contribution >= 0.6 is 0 Å². The third-order valence-corrected chi connectivity index (χ3v) is 3.82. The van der Waals surface area contributed by atoms with Gasteiger partial charge in [0.05, 0.1) is 17.4 Å². The molecule has 90 valence electrons. The van der Waals surface area contributed by atoms with E-state index in [1.165, 1.54) is 12.1 Å². The number of hydrogen-bond acceptors (Lipinski definition) is 4. The molecular weight excluding hydrogens is 242 g/mol. The van der Waals surface area contributed by atoms with Crippen molar-refractivity contribution in [3.63, 3.8) is 0 Å². The van der Waals surface area contributed by atoms with Gasteiger partial charge in [-0.3, -0.25) is 0 Å². The largest absolute Gasteiger partial charge is 0.478 e. The molecule has 2 N–H and O–H groups in total. The number of rotatable bonds is 3. The van der Waals surface area contributed by atoms with Gasteiger partial charge < -0.3 is 10.4 Å². The second-order valence-electron chi connectivity index (χ2n) is 3.76. The van der Waals surface area contributed by atoms with Crippen molar-refractivity contribution in [3.8, 4) is 0 Å². The molecule has 1 heterocycles. The fraction of sp³-hybridized carbons (Fsp3) is 0.182. The minimum atomic E-state index is -3.14. The van der Waals surface area contributed by atoms with Crippen LogP contribution in [0.2, 0.25) is 0 Å². The fourth-order valence-corrected chi connectivity index (χ4v) is 2.90. The lowest BCUT2D eigenvalue weighted by Crippen LogP contribution is -2.22. The van der Waals surface area contributed by atoms with Crippen molar-refractivity contribution in [1.29, 1.82) is 0 Å². The third kappa shape index (κ3) is 2.65. The van der Waals surface area contributed by atoms with Gasteiger partial charge in [-0.15, -0.1) is 0 Å². The molecule has 6 heteroatoms. The fourth-order valence-electron chi connectivity index (χ4n) is 1.66. The second kappa shape index (κ2) is 4.21. The van der Waals surface area contributed by atoms with Crippen LogP contribution in [0.1, 0.15) is 10.4 Å². The molecule has 0 aromatic heterocycles. The van der Waals surface area contributed by atoms with Crippen LogP contribution in [0.15, 0.2) is 35.7 Å². The van der Waals surface area contributed by atoms with E-state index in [1.54, 1.807) is 18.2 Å². The van der Waals surface area contributed by atoms with E-state index in [0.717, 1.165) is 5.41 Å². The molecule has 2 rings (SSSR count). The van der Waals surface area contributed by atoms with E-state index in [0.29, 0.717) is 5.69 Å². The summed E-state index contributed by atoms with van der Waals surface area (Å²) in [7, 11) is -3.14. The summed E-state index contributed by atoms with van der Waals surface area (Å²) in [6.45, 7) is 0. The molecule has 1 aromatic rings. The van der Waals surface area contributed by atoms with Crippen molar-refractivity contribution in [2.24, 2.45) is 0 Å². The van der Waals surface area contributed by atoms with Crippen LogP contribution in [-0.4, -0.2) is 31.3 Å². The van der Waals surface area contributed by atoms with Crippen LogP contribution in [0.5, 0.6) is 0 Å². The predicted octanol–water partition coefficient (Wildman–Crippen LogP) is 1.11. The molecule has 1 atom stereocenters. The Hall–Kier alpha value is -1.82. The van der Waals surface area contributed by atoms with Gasteiger partial charge in [0, 0.05) is 11.1 Å². The molecule has 0 radical (unpaired) electrons. The molecule has 0 saturated heterocycles. The van der Waals surface area contributed by atoms with Gasteiger partial charge in [0.2, 0.25) is 0 Å². The summed E-state index contributed by atoms with van der Waals surface area (Å²) in [5, 5.41) is 13.0. The first-order valence-corrected chi connectivity index (χ1v) is 6.69. The Morgan fingerprint density at radius 1 is 1.35 bits per heavy atom. The molecule has 0 saturated carbocycles. The maximum atomic E-state index is 11.2. The lowest BCUT2D eigenvalue weighted by Gasteiger charge is -2.13. The number of aromatic carboxylic acids is 1. The first-order chi connectivity index (χ1) is 7.98. The predicted molar refractivity (Wildman–Crippen MR) is 63.7 cm³/mol.